The van der Waals surface area contributed by atoms with Crippen molar-refractivity contribution in [2.75, 3.05) is 38.0 Å². The number of anilines is 1. The van der Waals surface area contributed by atoms with Crippen LogP contribution in [0.5, 0.6) is 0 Å². The second-order valence-electron chi connectivity index (χ2n) is 7.47. The molecule has 2 heterocycles. The lowest BCUT2D eigenvalue weighted by atomic mass is 10.1. The molecule has 0 unspecified atom stereocenters. The Morgan fingerprint density at radius 3 is 2.44 bits per heavy atom. The molecule has 1 aliphatic rings. The lowest BCUT2D eigenvalue weighted by Gasteiger charge is -2.29. The lowest BCUT2D eigenvalue weighted by molar-refractivity contribution is -1.02. The molecule has 1 amide bonds. The molecule has 3 N–H and O–H groups in total. The SMILES string of the molecule is CC(=O)Nc1sc(C)c(C)c1C[NH+]1CC[NH+](C/C=C/c2ccccc2)CC1. The molecule has 0 radical (unpaired) electrons. The van der Waals surface area contributed by atoms with E-state index in [-0.39, 0.29) is 5.91 Å². The summed E-state index contributed by atoms with van der Waals surface area (Å²) in [6.45, 7) is 12.8. The number of quaternary nitrogens is 2. The normalized spacial score (nSPS) is 20.1. The van der Waals surface area contributed by atoms with Gasteiger partial charge in [-0.05, 0) is 31.1 Å². The highest BCUT2D eigenvalue weighted by molar-refractivity contribution is 7.16. The smallest absolute Gasteiger partial charge is 0.221 e. The first-order valence-corrected chi connectivity index (χ1v) is 10.6. The molecule has 0 aliphatic carbocycles. The highest BCUT2D eigenvalue weighted by Crippen LogP contribution is 2.31. The highest BCUT2D eigenvalue weighted by Gasteiger charge is 2.25. The van der Waals surface area contributed by atoms with Crippen molar-refractivity contribution >= 4 is 28.3 Å². The summed E-state index contributed by atoms with van der Waals surface area (Å²) in [4.78, 5) is 16.1. The first kappa shape index (κ1) is 19.8. The topological polar surface area (TPSA) is 38.0 Å². The van der Waals surface area contributed by atoms with Crippen molar-refractivity contribution in [1.82, 2.24) is 0 Å². The van der Waals surface area contributed by atoms with Crippen LogP contribution in [0.25, 0.3) is 6.08 Å². The van der Waals surface area contributed by atoms with Gasteiger partial charge in [0, 0.05) is 17.4 Å². The third-order valence-corrected chi connectivity index (χ3v) is 6.57. The van der Waals surface area contributed by atoms with Gasteiger partial charge in [-0.2, -0.15) is 0 Å². The minimum atomic E-state index is 0.0203. The van der Waals surface area contributed by atoms with Gasteiger partial charge in [-0.15, -0.1) is 11.3 Å². The van der Waals surface area contributed by atoms with E-state index in [1.807, 2.05) is 0 Å². The second kappa shape index (κ2) is 9.31. The largest absolute Gasteiger partial charge is 0.322 e. The number of amides is 1. The number of aryl methyl sites for hydroxylation is 1. The van der Waals surface area contributed by atoms with Gasteiger partial charge in [-0.3, -0.25) is 4.79 Å². The summed E-state index contributed by atoms with van der Waals surface area (Å²) in [5, 5.41) is 4.08. The Morgan fingerprint density at radius 2 is 1.78 bits per heavy atom. The molecule has 0 bridgehead atoms. The summed E-state index contributed by atoms with van der Waals surface area (Å²) in [6.07, 6.45) is 4.53. The van der Waals surface area contributed by atoms with Gasteiger partial charge >= 0.3 is 0 Å². The van der Waals surface area contributed by atoms with Crippen LogP contribution in [0.15, 0.2) is 36.4 Å². The molecule has 144 valence electrons. The van der Waals surface area contributed by atoms with E-state index >= 15 is 0 Å². The minimum Gasteiger partial charge on any atom is -0.322 e. The number of carbonyl (C=O) groups is 1. The number of hydrogen-bond acceptors (Lipinski definition) is 2. The highest BCUT2D eigenvalue weighted by atomic mass is 32.1. The molecule has 5 heteroatoms. The second-order valence-corrected chi connectivity index (χ2v) is 8.69. The minimum absolute atomic E-state index is 0.0203. The molecule has 3 rings (SSSR count). The van der Waals surface area contributed by atoms with Crippen molar-refractivity contribution in [3.05, 3.63) is 58.0 Å². The lowest BCUT2D eigenvalue weighted by Crippen LogP contribution is -3.27. The van der Waals surface area contributed by atoms with Crippen LogP contribution in [0.3, 0.4) is 0 Å². The van der Waals surface area contributed by atoms with E-state index in [0.29, 0.717) is 0 Å². The van der Waals surface area contributed by atoms with Crippen LogP contribution in [0.4, 0.5) is 5.00 Å². The van der Waals surface area contributed by atoms with Gasteiger partial charge < -0.3 is 15.1 Å². The maximum atomic E-state index is 11.5. The van der Waals surface area contributed by atoms with Crippen LogP contribution in [0.2, 0.25) is 0 Å². The third-order valence-electron chi connectivity index (χ3n) is 5.41. The number of thiophene rings is 1. The number of rotatable bonds is 6. The molecule has 4 nitrogen and oxygen atoms in total. The van der Waals surface area contributed by atoms with Crippen LogP contribution < -0.4 is 15.1 Å². The van der Waals surface area contributed by atoms with Crippen LogP contribution in [-0.2, 0) is 11.3 Å². The van der Waals surface area contributed by atoms with Gasteiger partial charge in [0.05, 0.1) is 6.54 Å². The molecule has 27 heavy (non-hydrogen) atoms. The molecular weight excluding hydrogens is 354 g/mol. The molecule has 2 aromatic rings. The summed E-state index contributed by atoms with van der Waals surface area (Å²) >= 11 is 1.71. The van der Waals surface area contributed by atoms with Crippen molar-refractivity contribution in [3.63, 3.8) is 0 Å². The van der Waals surface area contributed by atoms with Crippen molar-refractivity contribution in [2.45, 2.75) is 27.3 Å². The Hall–Kier alpha value is -1.95. The van der Waals surface area contributed by atoms with Crippen LogP contribution in [-0.4, -0.2) is 38.6 Å². The first-order valence-electron chi connectivity index (χ1n) is 9.78. The predicted molar refractivity (Wildman–Crippen MR) is 114 cm³/mol. The maximum absolute atomic E-state index is 11.5. The number of carbonyl (C=O) groups excluding carboxylic acids is 1. The summed E-state index contributed by atoms with van der Waals surface area (Å²) in [6, 6.07) is 10.5. The van der Waals surface area contributed by atoms with Crippen molar-refractivity contribution < 1.29 is 14.6 Å². The van der Waals surface area contributed by atoms with Crippen molar-refractivity contribution in [2.24, 2.45) is 0 Å². The molecule has 0 spiro atoms. The standard InChI is InChI=1S/C22H29N3OS/c1-17-18(2)27-22(23-19(3)26)21(17)16-25-14-12-24(13-15-25)11-7-10-20-8-5-4-6-9-20/h4-10H,11-16H2,1-3H3,(H,23,26)/p+2/b10-7+. The Bertz CT molecular complexity index is 789. The van der Waals surface area contributed by atoms with E-state index < -0.39 is 0 Å². The zero-order valence-corrected chi connectivity index (χ0v) is 17.4. The van der Waals surface area contributed by atoms with E-state index in [2.05, 4.69) is 61.6 Å². The average molecular weight is 386 g/mol. The third kappa shape index (κ3) is 5.51. The van der Waals surface area contributed by atoms with E-state index in [0.717, 1.165) is 18.1 Å². The maximum Gasteiger partial charge on any atom is 0.221 e. The predicted octanol–water partition coefficient (Wildman–Crippen LogP) is 1.32. The Morgan fingerprint density at radius 1 is 1.11 bits per heavy atom. The van der Waals surface area contributed by atoms with Crippen LogP contribution >= 0.6 is 11.3 Å². The molecular formula is C22H31N3OS+2. The summed E-state index contributed by atoms with van der Waals surface area (Å²) < 4.78 is 0. The van der Waals surface area contributed by atoms with Gasteiger partial charge in [0.25, 0.3) is 0 Å². The average Bonchev–Trinajstić information content (AvgIpc) is 2.91. The molecule has 0 saturated carbocycles. The molecule has 1 aromatic carbocycles. The summed E-state index contributed by atoms with van der Waals surface area (Å²) in [7, 11) is 0. The quantitative estimate of drug-likeness (QED) is 0.689. The number of hydrogen-bond donors (Lipinski definition) is 3. The summed E-state index contributed by atoms with van der Waals surface area (Å²) in [5.41, 5.74) is 3.95. The van der Waals surface area contributed by atoms with Gasteiger partial charge in [0.15, 0.2) is 0 Å². The Kier molecular flexibility index (Phi) is 6.83. The van der Waals surface area contributed by atoms with E-state index in [1.165, 1.54) is 47.7 Å². The van der Waals surface area contributed by atoms with Gasteiger partial charge in [0.1, 0.15) is 37.7 Å². The fraction of sp³-hybridized carbons (Fsp3) is 0.409. The monoisotopic (exact) mass is 385 g/mol. The zero-order chi connectivity index (χ0) is 19.2. The summed E-state index contributed by atoms with van der Waals surface area (Å²) in [5.74, 6) is 0.0203. The van der Waals surface area contributed by atoms with Gasteiger partial charge in [-0.1, -0.05) is 36.4 Å². The zero-order valence-electron chi connectivity index (χ0n) is 16.6. The molecule has 1 fully saturated rings. The number of piperazine rings is 1. The number of nitrogens with one attached hydrogen (secondary N) is 3. The van der Waals surface area contributed by atoms with E-state index in [1.54, 1.807) is 28.1 Å². The van der Waals surface area contributed by atoms with E-state index in [9.17, 15) is 4.79 Å². The van der Waals surface area contributed by atoms with Crippen LogP contribution in [0, 0.1) is 13.8 Å². The molecule has 1 aromatic heterocycles. The Balaban J connectivity index is 1.51. The van der Waals surface area contributed by atoms with E-state index in [4.69, 9.17) is 0 Å². The van der Waals surface area contributed by atoms with Crippen molar-refractivity contribution in [3.8, 4) is 0 Å². The van der Waals surface area contributed by atoms with Crippen molar-refractivity contribution in [1.29, 1.82) is 0 Å². The molecule has 0 atom stereocenters. The number of benzene rings is 1. The van der Waals surface area contributed by atoms with Gasteiger partial charge in [0.2, 0.25) is 5.91 Å². The van der Waals surface area contributed by atoms with Gasteiger partial charge in [-0.25, -0.2) is 0 Å². The molecule has 1 aliphatic heterocycles. The fourth-order valence-electron chi connectivity index (χ4n) is 3.66. The van der Waals surface area contributed by atoms with Crippen LogP contribution in [0.1, 0.15) is 28.5 Å². The molecule has 1 saturated heterocycles. The fourth-order valence-corrected chi connectivity index (χ4v) is 4.79. The Labute approximate surface area is 166 Å². The first-order chi connectivity index (χ1) is 13.0.